The van der Waals surface area contributed by atoms with Crippen molar-refractivity contribution in [3.63, 3.8) is 0 Å². The molecule has 9 nitrogen and oxygen atoms in total. The molecule has 0 saturated heterocycles. The fourth-order valence-corrected chi connectivity index (χ4v) is 8.28. The van der Waals surface area contributed by atoms with Crippen LogP contribution in [0.4, 0.5) is 0 Å². The molecule has 2 unspecified atom stereocenters. The van der Waals surface area contributed by atoms with Crippen LogP contribution in [0.15, 0.2) is 170 Å². The van der Waals surface area contributed by atoms with E-state index in [1.54, 1.807) is 0 Å². The minimum absolute atomic E-state index is 0.0487. The lowest BCUT2D eigenvalue weighted by atomic mass is 10.0. The summed E-state index contributed by atoms with van der Waals surface area (Å²) in [5.74, 6) is -0.903. The minimum atomic E-state index is -4.66. The van der Waals surface area contributed by atoms with Crippen molar-refractivity contribution < 1.29 is 42.1 Å². The second-order valence-electron chi connectivity index (χ2n) is 20.9. The average Bonchev–Trinajstić information content (AvgIpc) is 3.42. The van der Waals surface area contributed by atoms with Gasteiger partial charge in [0, 0.05) is 12.8 Å². The zero-order valence-electron chi connectivity index (χ0n) is 50.9. The Balaban J connectivity index is 4.23. The Labute approximate surface area is 489 Å². The van der Waals surface area contributed by atoms with Crippen LogP contribution in [0, 0.1) is 0 Å². The molecule has 80 heavy (non-hydrogen) atoms. The van der Waals surface area contributed by atoms with Crippen molar-refractivity contribution in [2.24, 2.45) is 0 Å². The average molecular weight is 1130 g/mol. The second kappa shape index (κ2) is 59.0. The highest BCUT2D eigenvalue weighted by Crippen LogP contribution is 2.38. The maximum absolute atomic E-state index is 12.8. The normalized spacial score (nSPS) is 14.4. The Morgan fingerprint density at radius 3 is 1.02 bits per heavy atom. The minimum Gasteiger partial charge on any atom is -0.756 e. The van der Waals surface area contributed by atoms with E-state index in [1.807, 2.05) is 21.1 Å². The summed E-state index contributed by atoms with van der Waals surface area (Å²) in [4.78, 5) is 37.9. The molecule has 0 bridgehead atoms. The van der Waals surface area contributed by atoms with Crippen LogP contribution in [0.3, 0.4) is 0 Å². The summed E-state index contributed by atoms with van der Waals surface area (Å²) < 4.78 is 34.1. The van der Waals surface area contributed by atoms with Gasteiger partial charge in [-0.3, -0.25) is 14.2 Å². The number of esters is 2. The molecule has 0 rings (SSSR count). The zero-order valence-corrected chi connectivity index (χ0v) is 51.8. The molecule has 0 N–H and O–H groups in total. The number of quaternary nitrogens is 1. The summed E-state index contributed by atoms with van der Waals surface area (Å²) in [6.07, 6.45) is 89.8. The van der Waals surface area contributed by atoms with Crippen molar-refractivity contribution >= 4 is 19.8 Å². The maximum atomic E-state index is 12.8. The smallest absolute Gasteiger partial charge is 0.306 e. The molecule has 0 spiro atoms. The van der Waals surface area contributed by atoms with Gasteiger partial charge >= 0.3 is 11.9 Å². The lowest BCUT2D eigenvalue weighted by molar-refractivity contribution is -0.870. The molecule has 0 fully saturated rings. The van der Waals surface area contributed by atoms with Gasteiger partial charge in [0.2, 0.25) is 0 Å². The van der Waals surface area contributed by atoms with Crippen LogP contribution >= 0.6 is 7.82 Å². The Bertz CT molecular complexity index is 1950. The first-order valence-electron chi connectivity index (χ1n) is 30.8. The third kappa shape index (κ3) is 62.6. The molecule has 0 aromatic heterocycles. The molecule has 0 aliphatic heterocycles. The molecule has 0 radical (unpaired) electrons. The number of phosphoric ester groups is 1. The van der Waals surface area contributed by atoms with Crippen molar-refractivity contribution in [3.8, 4) is 0 Å². The number of hydrogen-bond donors (Lipinski definition) is 0. The van der Waals surface area contributed by atoms with Crippen LogP contribution in [0.1, 0.15) is 206 Å². The molecular formula is C70H112NO8P. The molecule has 0 saturated carbocycles. The van der Waals surface area contributed by atoms with E-state index in [9.17, 15) is 19.0 Å². The summed E-state index contributed by atoms with van der Waals surface area (Å²) in [7, 11) is 1.11. The number of likely N-dealkylation sites (N-methyl/N-ethyl adjacent to an activating group) is 1. The summed E-state index contributed by atoms with van der Waals surface area (Å²) in [6.45, 7) is 3.93. The van der Waals surface area contributed by atoms with E-state index in [2.05, 4.69) is 184 Å². The van der Waals surface area contributed by atoms with Gasteiger partial charge in [0.1, 0.15) is 19.8 Å². The molecule has 10 heteroatoms. The summed E-state index contributed by atoms with van der Waals surface area (Å²) in [5, 5.41) is 0. The maximum Gasteiger partial charge on any atom is 0.306 e. The van der Waals surface area contributed by atoms with Crippen LogP contribution in [-0.2, 0) is 32.7 Å². The lowest BCUT2D eigenvalue weighted by Gasteiger charge is -2.28. The number of ether oxygens (including phenoxy) is 2. The molecule has 0 amide bonds. The van der Waals surface area contributed by atoms with Crippen LogP contribution in [0.2, 0.25) is 0 Å². The van der Waals surface area contributed by atoms with Crippen LogP contribution in [0.5, 0.6) is 0 Å². The molecular weight excluding hydrogens is 1010 g/mol. The highest BCUT2D eigenvalue weighted by molar-refractivity contribution is 7.45. The largest absolute Gasteiger partial charge is 0.756 e. The standard InChI is InChI=1S/C70H112NO8P/c1-6-8-10-12-14-16-18-20-22-24-26-28-29-30-31-32-33-34-35-36-37-38-39-40-41-43-45-47-49-51-53-55-57-59-61-63-70(73)79-68(67-78-80(74,75)77-65-64-71(3,4)5)66-76-69(72)62-60-58-56-54-52-50-48-46-44-42-27-25-23-21-19-17-15-13-11-9-7-2/h8-11,14-17,20-23,26-28,30-31,33-34,36-37,39-40,42,46,48,52,54,68H,6-7,12-13,18-19,24-25,29,32,35,38,41,43-45,47,49-51,53,55-67H2,1-5H3/b10-8-,11-9-,16-14-,17-15-,22-20-,23-21-,28-26-,31-30-,34-33-,37-36-,40-39-,42-27-,48-46-,54-52-. The Kier molecular flexibility index (Phi) is 55.6. The molecule has 450 valence electrons. The lowest BCUT2D eigenvalue weighted by Crippen LogP contribution is -2.37. The zero-order chi connectivity index (χ0) is 58.4. The Morgan fingerprint density at radius 1 is 0.388 bits per heavy atom. The second-order valence-corrected chi connectivity index (χ2v) is 22.4. The van der Waals surface area contributed by atoms with E-state index >= 15 is 0 Å². The van der Waals surface area contributed by atoms with Gasteiger partial charge in [-0.2, -0.15) is 0 Å². The van der Waals surface area contributed by atoms with E-state index in [0.29, 0.717) is 23.9 Å². The number of hydrogen-bond acceptors (Lipinski definition) is 8. The van der Waals surface area contributed by atoms with Crippen LogP contribution < -0.4 is 4.89 Å². The van der Waals surface area contributed by atoms with Gasteiger partial charge in [-0.25, -0.2) is 0 Å². The number of rotatable bonds is 54. The van der Waals surface area contributed by atoms with Crippen LogP contribution in [-0.4, -0.2) is 70.0 Å². The molecule has 0 aromatic carbocycles. The number of allylic oxidation sites excluding steroid dienone is 28. The van der Waals surface area contributed by atoms with Crippen molar-refractivity contribution in [2.75, 3.05) is 47.5 Å². The predicted molar refractivity (Wildman–Crippen MR) is 341 cm³/mol. The summed E-state index contributed by atoms with van der Waals surface area (Å²) in [6, 6.07) is 0. The number of phosphoric acid groups is 1. The number of nitrogens with zero attached hydrogens (tertiary/aromatic N) is 1. The van der Waals surface area contributed by atoms with E-state index in [0.717, 1.165) is 128 Å². The number of carbonyl (C=O) groups excluding carboxylic acids is 2. The van der Waals surface area contributed by atoms with Gasteiger partial charge in [-0.1, -0.05) is 235 Å². The first-order valence-corrected chi connectivity index (χ1v) is 32.3. The van der Waals surface area contributed by atoms with E-state index in [1.165, 1.54) is 38.5 Å². The fraction of sp³-hybridized carbons (Fsp3) is 0.571. The first-order chi connectivity index (χ1) is 39.0. The van der Waals surface area contributed by atoms with Crippen molar-refractivity contribution in [2.45, 2.75) is 213 Å². The Morgan fingerprint density at radius 2 is 0.675 bits per heavy atom. The molecule has 0 heterocycles. The molecule has 2 atom stereocenters. The highest BCUT2D eigenvalue weighted by Gasteiger charge is 2.21. The summed E-state index contributed by atoms with van der Waals surface area (Å²) >= 11 is 0. The number of carbonyl (C=O) groups is 2. The SMILES string of the molecule is CC/C=C\C/C=C\C/C=C\C/C=C\C/C=C\C/C=C\C/C=C\C/C=C\CCCCCCCCCCCCC(=O)OC(COC(=O)CCCC/C=C\C/C=C\C/C=C\C/C=C\C/C=C\C/C=C\CC)COP(=O)([O-])OCC[N+](C)(C)C. The van der Waals surface area contributed by atoms with Gasteiger partial charge in [-0.05, 0) is 128 Å². The molecule has 0 aliphatic carbocycles. The first kappa shape index (κ1) is 75.4. The monoisotopic (exact) mass is 1130 g/mol. The number of unbranched alkanes of at least 4 members (excludes halogenated alkanes) is 12. The van der Waals surface area contributed by atoms with Crippen molar-refractivity contribution in [1.82, 2.24) is 0 Å². The van der Waals surface area contributed by atoms with E-state index < -0.39 is 32.5 Å². The fourth-order valence-electron chi connectivity index (χ4n) is 7.56. The summed E-state index contributed by atoms with van der Waals surface area (Å²) in [5.41, 5.74) is 0. The molecule has 0 aliphatic rings. The van der Waals surface area contributed by atoms with E-state index in [-0.39, 0.29) is 26.1 Å². The van der Waals surface area contributed by atoms with Gasteiger partial charge < -0.3 is 27.9 Å². The molecule has 0 aromatic rings. The Hall–Kier alpha value is -4.63. The topological polar surface area (TPSA) is 111 Å². The van der Waals surface area contributed by atoms with Crippen molar-refractivity contribution in [3.05, 3.63) is 170 Å². The predicted octanol–water partition coefficient (Wildman–Crippen LogP) is 19.2. The van der Waals surface area contributed by atoms with Crippen molar-refractivity contribution in [1.29, 1.82) is 0 Å². The van der Waals surface area contributed by atoms with Gasteiger partial charge in [0.05, 0.1) is 27.7 Å². The van der Waals surface area contributed by atoms with E-state index in [4.69, 9.17) is 18.5 Å². The van der Waals surface area contributed by atoms with Crippen LogP contribution in [0.25, 0.3) is 0 Å². The third-order valence-corrected chi connectivity index (χ3v) is 13.2. The van der Waals surface area contributed by atoms with Gasteiger partial charge in [0.15, 0.2) is 6.10 Å². The highest BCUT2D eigenvalue weighted by atomic mass is 31.2. The third-order valence-electron chi connectivity index (χ3n) is 12.2. The van der Waals surface area contributed by atoms with Gasteiger partial charge in [0.25, 0.3) is 7.82 Å². The quantitative estimate of drug-likeness (QED) is 0.0195. The van der Waals surface area contributed by atoms with Gasteiger partial charge in [-0.15, -0.1) is 0 Å².